The molecule has 17 heavy (non-hydrogen) atoms. The van der Waals surface area contributed by atoms with Crippen LogP contribution < -0.4 is 5.73 Å². The van der Waals surface area contributed by atoms with E-state index in [1.807, 2.05) is 12.1 Å². The molecule has 1 aromatic carbocycles. The Morgan fingerprint density at radius 1 is 1.24 bits per heavy atom. The van der Waals surface area contributed by atoms with Gasteiger partial charge < -0.3 is 5.73 Å². The number of hydrogen-bond donors (Lipinski definition) is 1. The van der Waals surface area contributed by atoms with Crippen LogP contribution in [0.5, 0.6) is 0 Å². The molecule has 0 aliphatic heterocycles. The second-order valence-electron chi connectivity index (χ2n) is 4.17. The Labute approximate surface area is 118 Å². The maximum atomic E-state index is 6.20. The lowest BCUT2D eigenvalue weighted by Crippen LogP contribution is -1.98. The summed E-state index contributed by atoms with van der Waals surface area (Å²) < 4.78 is 0.725. The molecular formula is C12H11BrCl2N2. The van der Waals surface area contributed by atoms with Gasteiger partial charge in [0.05, 0.1) is 15.6 Å². The molecule has 5 heteroatoms. The van der Waals surface area contributed by atoms with Crippen LogP contribution in [0.15, 0.2) is 16.6 Å². The van der Waals surface area contributed by atoms with Crippen LogP contribution in [0.25, 0.3) is 10.9 Å². The molecule has 2 N–H and O–H groups in total. The van der Waals surface area contributed by atoms with Crippen molar-refractivity contribution in [2.75, 3.05) is 5.73 Å². The lowest BCUT2D eigenvalue weighted by atomic mass is 10.1. The summed E-state index contributed by atoms with van der Waals surface area (Å²) in [6, 6.07) is 3.72. The van der Waals surface area contributed by atoms with E-state index < -0.39 is 0 Å². The fourth-order valence-electron chi connectivity index (χ4n) is 1.61. The van der Waals surface area contributed by atoms with E-state index in [-0.39, 0.29) is 0 Å². The quantitative estimate of drug-likeness (QED) is 0.745. The van der Waals surface area contributed by atoms with Crippen LogP contribution in [-0.2, 0) is 0 Å². The summed E-state index contributed by atoms with van der Waals surface area (Å²) in [6.45, 7) is 4.12. The van der Waals surface area contributed by atoms with Crippen molar-refractivity contribution in [3.63, 3.8) is 0 Å². The van der Waals surface area contributed by atoms with Gasteiger partial charge in [0.2, 0.25) is 0 Å². The minimum atomic E-state index is 0.292. The summed E-state index contributed by atoms with van der Waals surface area (Å²) in [5, 5.41) is 1.72. The Balaban J connectivity index is 2.88. The molecule has 0 fully saturated rings. The summed E-state index contributed by atoms with van der Waals surface area (Å²) in [5.41, 5.74) is 8.25. The summed E-state index contributed by atoms with van der Waals surface area (Å²) in [5.74, 6) is 0.292. The number of benzene rings is 1. The first kappa shape index (κ1) is 12.9. The molecule has 2 aromatic rings. The number of halogens is 3. The predicted molar refractivity (Wildman–Crippen MR) is 78.0 cm³/mol. The van der Waals surface area contributed by atoms with Crippen LogP contribution in [-0.4, -0.2) is 4.98 Å². The standard InChI is InChI=1S/C12H11BrCl2N2/c1-5(2)9-4-8(16)6-3-7(13)10(14)11(15)12(6)17-9/h3-5H,1-2H3,(H2,16,17). The maximum absolute atomic E-state index is 6.20. The van der Waals surface area contributed by atoms with Crippen LogP contribution in [0, 0.1) is 0 Å². The number of nitrogens with zero attached hydrogens (tertiary/aromatic N) is 1. The number of rotatable bonds is 1. The molecule has 0 saturated carbocycles. The van der Waals surface area contributed by atoms with E-state index in [1.54, 1.807) is 0 Å². The first-order valence-corrected chi connectivity index (χ1v) is 6.70. The normalized spacial score (nSPS) is 11.4. The maximum Gasteiger partial charge on any atom is 0.0928 e. The first-order valence-electron chi connectivity index (χ1n) is 5.15. The number of fused-ring (bicyclic) bond motifs is 1. The van der Waals surface area contributed by atoms with Crippen molar-refractivity contribution in [1.82, 2.24) is 4.98 Å². The van der Waals surface area contributed by atoms with Crippen molar-refractivity contribution in [2.45, 2.75) is 19.8 Å². The van der Waals surface area contributed by atoms with E-state index in [0.717, 1.165) is 15.6 Å². The van der Waals surface area contributed by atoms with Crippen molar-refractivity contribution in [1.29, 1.82) is 0 Å². The van der Waals surface area contributed by atoms with Crippen LogP contribution in [0.3, 0.4) is 0 Å². The van der Waals surface area contributed by atoms with Crippen molar-refractivity contribution in [3.8, 4) is 0 Å². The number of aromatic nitrogens is 1. The van der Waals surface area contributed by atoms with Gasteiger partial charge in [-0.1, -0.05) is 37.0 Å². The summed E-state index contributed by atoms with van der Waals surface area (Å²) in [6.07, 6.45) is 0. The van der Waals surface area contributed by atoms with Crippen LogP contribution in [0.1, 0.15) is 25.5 Å². The fourth-order valence-corrected chi connectivity index (χ4v) is 2.54. The summed E-state index contributed by atoms with van der Waals surface area (Å²) in [7, 11) is 0. The van der Waals surface area contributed by atoms with Crippen molar-refractivity contribution in [2.24, 2.45) is 0 Å². The smallest absolute Gasteiger partial charge is 0.0928 e. The van der Waals surface area contributed by atoms with Gasteiger partial charge in [-0.15, -0.1) is 0 Å². The van der Waals surface area contributed by atoms with Gasteiger partial charge in [-0.3, -0.25) is 4.98 Å². The van der Waals surface area contributed by atoms with Gasteiger partial charge in [0, 0.05) is 21.2 Å². The molecule has 0 saturated heterocycles. The zero-order chi connectivity index (χ0) is 12.7. The molecule has 2 nitrogen and oxygen atoms in total. The van der Waals surface area contributed by atoms with E-state index in [2.05, 4.69) is 34.8 Å². The first-order chi connectivity index (χ1) is 7.91. The Morgan fingerprint density at radius 2 is 1.88 bits per heavy atom. The second-order valence-corrected chi connectivity index (χ2v) is 5.78. The number of hydrogen-bond acceptors (Lipinski definition) is 2. The van der Waals surface area contributed by atoms with Gasteiger partial charge in [-0.05, 0) is 34.0 Å². The van der Waals surface area contributed by atoms with Gasteiger partial charge in [0.1, 0.15) is 0 Å². The molecule has 0 bridgehead atoms. The predicted octanol–water partition coefficient (Wildman–Crippen LogP) is 5.01. The minimum absolute atomic E-state index is 0.292. The molecule has 1 heterocycles. The lowest BCUT2D eigenvalue weighted by Gasteiger charge is -2.11. The van der Waals surface area contributed by atoms with Gasteiger partial charge in [0.25, 0.3) is 0 Å². The molecule has 2 rings (SSSR count). The molecule has 0 aliphatic rings. The molecular weight excluding hydrogens is 323 g/mol. The highest BCUT2D eigenvalue weighted by molar-refractivity contribution is 9.10. The van der Waals surface area contributed by atoms with E-state index in [4.69, 9.17) is 28.9 Å². The Hall–Kier alpha value is -0.510. The average molecular weight is 334 g/mol. The Bertz CT molecular complexity index is 597. The minimum Gasteiger partial charge on any atom is -0.398 e. The molecule has 0 aliphatic carbocycles. The van der Waals surface area contributed by atoms with Crippen LogP contribution in [0.4, 0.5) is 5.69 Å². The second kappa shape index (κ2) is 4.63. The number of pyridine rings is 1. The highest BCUT2D eigenvalue weighted by Crippen LogP contribution is 2.38. The highest BCUT2D eigenvalue weighted by Gasteiger charge is 2.14. The van der Waals surface area contributed by atoms with Gasteiger partial charge in [-0.2, -0.15) is 0 Å². The lowest BCUT2D eigenvalue weighted by molar-refractivity contribution is 0.830. The molecule has 0 atom stereocenters. The number of nitrogens with two attached hydrogens (primary N) is 1. The van der Waals surface area contributed by atoms with Crippen molar-refractivity contribution >= 4 is 55.7 Å². The molecule has 90 valence electrons. The number of nitrogen functional groups attached to an aromatic ring is 1. The van der Waals surface area contributed by atoms with E-state index in [0.29, 0.717) is 27.2 Å². The average Bonchev–Trinajstić information content (AvgIpc) is 2.27. The zero-order valence-electron chi connectivity index (χ0n) is 9.39. The van der Waals surface area contributed by atoms with Gasteiger partial charge in [-0.25, -0.2) is 0 Å². The Kier molecular flexibility index (Phi) is 3.53. The molecule has 0 spiro atoms. The van der Waals surface area contributed by atoms with E-state index in [9.17, 15) is 0 Å². The zero-order valence-corrected chi connectivity index (χ0v) is 12.5. The van der Waals surface area contributed by atoms with E-state index >= 15 is 0 Å². The third-order valence-electron chi connectivity index (χ3n) is 2.58. The van der Waals surface area contributed by atoms with Gasteiger partial charge >= 0.3 is 0 Å². The summed E-state index contributed by atoms with van der Waals surface area (Å²) in [4.78, 5) is 4.52. The van der Waals surface area contributed by atoms with E-state index in [1.165, 1.54) is 0 Å². The van der Waals surface area contributed by atoms with Gasteiger partial charge in [0.15, 0.2) is 0 Å². The molecule has 0 amide bonds. The topological polar surface area (TPSA) is 38.9 Å². The molecule has 0 unspecified atom stereocenters. The monoisotopic (exact) mass is 332 g/mol. The summed E-state index contributed by atoms with van der Waals surface area (Å²) >= 11 is 15.6. The number of anilines is 1. The van der Waals surface area contributed by atoms with Crippen LogP contribution >= 0.6 is 39.1 Å². The largest absolute Gasteiger partial charge is 0.398 e. The fraction of sp³-hybridized carbons (Fsp3) is 0.250. The molecule has 0 radical (unpaired) electrons. The van der Waals surface area contributed by atoms with Crippen LogP contribution in [0.2, 0.25) is 10.0 Å². The van der Waals surface area contributed by atoms with Crippen molar-refractivity contribution in [3.05, 3.63) is 32.3 Å². The van der Waals surface area contributed by atoms with Crippen molar-refractivity contribution < 1.29 is 0 Å². The third-order valence-corrected chi connectivity index (χ3v) is 4.29. The highest BCUT2D eigenvalue weighted by atomic mass is 79.9. The Morgan fingerprint density at radius 3 is 2.47 bits per heavy atom. The SMILES string of the molecule is CC(C)c1cc(N)c2cc(Br)c(Cl)c(Cl)c2n1. The molecule has 1 aromatic heterocycles. The third kappa shape index (κ3) is 2.24.